The maximum absolute atomic E-state index is 12.9. The summed E-state index contributed by atoms with van der Waals surface area (Å²) in [6.07, 6.45) is 0. The Labute approximate surface area is 196 Å². The van der Waals surface area contributed by atoms with E-state index in [1.165, 1.54) is 38.5 Å². The van der Waals surface area contributed by atoms with Crippen LogP contribution < -0.4 is 29.0 Å². The lowest BCUT2D eigenvalue weighted by molar-refractivity contribution is 0.102. The van der Waals surface area contributed by atoms with Crippen LogP contribution in [0.15, 0.2) is 59.5 Å². The standard InChI is InChI=1S/C23H22N2O8S/c1-30-19-6-4-3-5-16(19)25-34(28,29)15-7-8-18(26)17(13-15)24-23(27)14-11-20(31-2)22-21(12-14)32-9-10-33-22/h3-8,11-13,25-26H,9-10H2,1-2H3,(H,24,27). The van der Waals surface area contributed by atoms with Crippen molar-refractivity contribution in [2.45, 2.75) is 4.90 Å². The van der Waals surface area contributed by atoms with Gasteiger partial charge in [-0.25, -0.2) is 8.42 Å². The third kappa shape index (κ3) is 4.64. The fraction of sp³-hybridized carbons (Fsp3) is 0.174. The summed E-state index contributed by atoms with van der Waals surface area (Å²) < 4.78 is 49.8. The van der Waals surface area contributed by atoms with Crippen LogP contribution in [-0.2, 0) is 10.0 Å². The average Bonchev–Trinajstić information content (AvgIpc) is 2.84. The Morgan fingerprint density at radius 2 is 1.68 bits per heavy atom. The van der Waals surface area contributed by atoms with Gasteiger partial charge in [0, 0.05) is 5.56 Å². The molecule has 0 saturated carbocycles. The molecule has 1 aliphatic heterocycles. The molecule has 0 aliphatic carbocycles. The molecule has 3 aromatic rings. The first kappa shape index (κ1) is 23.1. The third-order valence-electron chi connectivity index (χ3n) is 4.97. The number of hydrogen-bond donors (Lipinski definition) is 3. The van der Waals surface area contributed by atoms with E-state index in [1.807, 2.05) is 0 Å². The predicted octanol–water partition coefficient (Wildman–Crippen LogP) is 3.23. The van der Waals surface area contributed by atoms with E-state index < -0.39 is 15.9 Å². The summed E-state index contributed by atoms with van der Waals surface area (Å²) in [5, 5.41) is 12.8. The number of benzene rings is 3. The number of carbonyl (C=O) groups excluding carboxylic acids is 1. The summed E-state index contributed by atoms with van der Waals surface area (Å²) in [6, 6.07) is 13.0. The van der Waals surface area contributed by atoms with Crippen molar-refractivity contribution in [3.05, 3.63) is 60.2 Å². The summed E-state index contributed by atoms with van der Waals surface area (Å²) in [5.41, 5.74) is 0.315. The highest BCUT2D eigenvalue weighted by molar-refractivity contribution is 7.92. The topological polar surface area (TPSA) is 132 Å². The molecule has 0 fully saturated rings. The molecule has 1 heterocycles. The highest BCUT2D eigenvalue weighted by atomic mass is 32.2. The first-order valence-corrected chi connectivity index (χ1v) is 11.6. The van der Waals surface area contributed by atoms with Crippen LogP contribution in [0.1, 0.15) is 10.4 Å². The minimum Gasteiger partial charge on any atom is -0.506 e. The molecule has 11 heteroatoms. The van der Waals surface area contributed by atoms with Gasteiger partial charge in [-0.15, -0.1) is 0 Å². The van der Waals surface area contributed by atoms with Gasteiger partial charge in [0.15, 0.2) is 11.5 Å². The van der Waals surface area contributed by atoms with E-state index in [-0.39, 0.29) is 27.6 Å². The van der Waals surface area contributed by atoms with Crippen molar-refractivity contribution in [1.29, 1.82) is 0 Å². The van der Waals surface area contributed by atoms with Gasteiger partial charge in [-0.3, -0.25) is 9.52 Å². The van der Waals surface area contributed by atoms with Crippen LogP contribution in [-0.4, -0.2) is 46.9 Å². The van der Waals surface area contributed by atoms with E-state index in [1.54, 1.807) is 24.3 Å². The Morgan fingerprint density at radius 1 is 0.941 bits per heavy atom. The van der Waals surface area contributed by atoms with Crippen LogP contribution >= 0.6 is 0 Å². The smallest absolute Gasteiger partial charge is 0.262 e. The quantitative estimate of drug-likeness (QED) is 0.434. The normalized spacial score (nSPS) is 12.5. The molecule has 4 rings (SSSR count). The second kappa shape index (κ2) is 9.40. The monoisotopic (exact) mass is 486 g/mol. The first-order valence-electron chi connectivity index (χ1n) is 10.1. The molecule has 0 radical (unpaired) electrons. The van der Waals surface area contributed by atoms with Crippen LogP contribution in [0.2, 0.25) is 0 Å². The van der Waals surface area contributed by atoms with E-state index in [4.69, 9.17) is 18.9 Å². The molecule has 178 valence electrons. The van der Waals surface area contributed by atoms with Gasteiger partial charge in [-0.2, -0.15) is 0 Å². The van der Waals surface area contributed by atoms with Gasteiger partial charge < -0.3 is 29.4 Å². The van der Waals surface area contributed by atoms with E-state index >= 15 is 0 Å². The van der Waals surface area contributed by atoms with E-state index in [0.717, 1.165) is 6.07 Å². The zero-order chi connectivity index (χ0) is 24.3. The van der Waals surface area contributed by atoms with Gasteiger partial charge >= 0.3 is 0 Å². The number of anilines is 2. The highest BCUT2D eigenvalue weighted by Gasteiger charge is 2.23. The average molecular weight is 487 g/mol. The zero-order valence-electron chi connectivity index (χ0n) is 18.3. The fourth-order valence-corrected chi connectivity index (χ4v) is 4.41. The molecular weight excluding hydrogens is 464 g/mol. The predicted molar refractivity (Wildman–Crippen MR) is 124 cm³/mol. The minimum atomic E-state index is -4.06. The summed E-state index contributed by atoms with van der Waals surface area (Å²) in [6.45, 7) is 0.675. The summed E-state index contributed by atoms with van der Waals surface area (Å²) >= 11 is 0. The van der Waals surface area contributed by atoms with Crippen molar-refractivity contribution in [1.82, 2.24) is 0 Å². The molecule has 0 aromatic heterocycles. The second-order valence-corrected chi connectivity index (χ2v) is 8.82. The van der Waals surface area contributed by atoms with Crippen molar-refractivity contribution in [2.24, 2.45) is 0 Å². The van der Waals surface area contributed by atoms with Gasteiger partial charge in [-0.05, 0) is 42.5 Å². The molecule has 0 atom stereocenters. The summed E-state index contributed by atoms with van der Waals surface area (Å²) in [4.78, 5) is 12.7. The van der Waals surface area contributed by atoms with Gasteiger partial charge in [0.25, 0.3) is 15.9 Å². The SMILES string of the molecule is COc1ccccc1NS(=O)(=O)c1ccc(O)c(NC(=O)c2cc(OC)c3c(c2)OCCO3)c1. The Morgan fingerprint density at radius 3 is 2.44 bits per heavy atom. The van der Waals surface area contributed by atoms with E-state index in [0.29, 0.717) is 36.2 Å². The summed E-state index contributed by atoms with van der Waals surface area (Å²) in [7, 11) is -1.20. The lowest BCUT2D eigenvalue weighted by Gasteiger charge is -2.21. The molecule has 1 aliphatic rings. The number of phenols is 1. The van der Waals surface area contributed by atoms with E-state index in [9.17, 15) is 18.3 Å². The number of nitrogens with one attached hydrogen (secondary N) is 2. The number of methoxy groups -OCH3 is 2. The molecule has 10 nitrogen and oxygen atoms in total. The van der Waals surface area contributed by atoms with Crippen LogP contribution in [0, 0.1) is 0 Å². The molecule has 0 unspecified atom stereocenters. The molecule has 0 bridgehead atoms. The number of para-hydroxylation sites is 2. The Bertz CT molecular complexity index is 1320. The maximum Gasteiger partial charge on any atom is 0.262 e. The number of aromatic hydroxyl groups is 1. The lowest BCUT2D eigenvalue weighted by Crippen LogP contribution is -2.18. The van der Waals surface area contributed by atoms with Gasteiger partial charge in [0.2, 0.25) is 5.75 Å². The maximum atomic E-state index is 12.9. The third-order valence-corrected chi connectivity index (χ3v) is 6.33. The summed E-state index contributed by atoms with van der Waals surface area (Å²) in [5.74, 6) is 0.461. The molecule has 34 heavy (non-hydrogen) atoms. The minimum absolute atomic E-state index is 0.0956. The van der Waals surface area contributed by atoms with Crippen LogP contribution in [0.3, 0.4) is 0 Å². The Hall–Kier alpha value is -4.12. The van der Waals surface area contributed by atoms with Gasteiger partial charge in [0.1, 0.15) is 24.7 Å². The van der Waals surface area contributed by atoms with Gasteiger partial charge in [0.05, 0.1) is 30.5 Å². The number of phenolic OH excluding ortho intramolecular Hbond substituents is 1. The highest BCUT2D eigenvalue weighted by Crippen LogP contribution is 2.40. The number of ether oxygens (including phenoxy) is 4. The van der Waals surface area contributed by atoms with Crippen molar-refractivity contribution in [3.8, 4) is 28.7 Å². The molecular formula is C23H22N2O8S. The lowest BCUT2D eigenvalue weighted by atomic mass is 10.1. The fourth-order valence-electron chi connectivity index (χ4n) is 3.31. The van der Waals surface area contributed by atoms with Crippen molar-refractivity contribution in [3.63, 3.8) is 0 Å². The molecule has 0 spiro atoms. The molecule has 3 N–H and O–H groups in total. The largest absolute Gasteiger partial charge is 0.506 e. The van der Waals surface area contributed by atoms with Crippen LogP contribution in [0.4, 0.5) is 11.4 Å². The Kier molecular flexibility index (Phi) is 6.37. The Balaban J connectivity index is 1.61. The van der Waals surface area contributed by atoms with Gasteiger partial charge in [-0.1, -0.05) is 12.1 Å². The zero-order valence-corrected chi connectivity index (χ0v) is 19.1. The number of fused-ring (bicyclic) bond motifs is 1. The number of amides is 1. The second-order valence-electron chi connectivity index (χ2n) is 7.14. The molecule has 3 aromatic carbocycles. The number of rotatable bonds is 7. The van der Waals surface area contributed by atoms with Crippen molar-refractivity contribution >= 4 is 27.3 Å². The number of carbonyl (C=O) groups is 1. The molecule has 1 amide bonds. The van der Waals surface area contributed by atoms with E-state index in [2.05, 4.69) is 10.0 Å². The van der Waals surface area contributed by atoms with Crippen LogP contribution in [0.25, 0.3) is 0 Å². The molecule has 0 saturated heterocycles. The van der Waals surface area contributed by atoms with Crippen molar-refractivity contribution in [2.75, 3.05) is 37.5 Å². The number of sulfonamides is 1. The van der Waals surface area contributed by atoms with Crippen LogP contribution in [0.5, 0.6) is 28.7 Å². The number of hydrogen-bond acceptors (Lipinski definition) is 8. The first-order chi connectivity index (χ1) is 16.3. The van der Waals surface area contributed by atoms with Crippen molar-refractivity contribution < 1.29 is 37.3 Å².